The maximum atomic E-state index is 11.6. The van der Waals surface area contributed by atoms with E-state index in [0.717, 1.165) is 5.69 Å². The molecule has 7 nitrogen and oxygen atoms in total. The molecule has 3 heterocycles. The van der Waals surface area contributed by atoms with Gasteiger partial charge in [-0.1, -0.05) is 24.3 Å². The van der Waals surface area contributed by atoms with Crippen LogP contribution in [0, 0.1) is 0 Å². The van der Waals surface area contributed by atoms with Crippen LogP contribution in [0.2, 0.25) is 0 Å². The van der Waals surface area contributed by atoms with Crippen LogP contribution in [-0.2, 0) is 4.74 Å². The summed E-state index contributed by atoms with van der Waals surface area (Å²) in [6.45, 7) is 1.08. The number of furan rings is 1. The largest absolute Gasteiger partial charge is 0.478 e. The lowest BCUT2D eigenvalue weighted by Gasteiger charge is -2.25. The standard InChI is InChI=1S/C22H21N3O4S/c1-28-13-12-25-20(19(24-22(25)30)16-8-4-5-11-23-16)18-10-9-17(29-18)14-6-2-3-7-15(14)21(26)27/h2-11,19-20H,12-13H2,1H3,(H,24,30)(H,26,27). The Kier molecular flexibility index (Phi) is 5.78. The zero-order valence-electron chi connectivity index (χ0n) is 16.3. The van der Waals surface area contributed by atoms with Crippen LogP contribution >= 0.6 is 12.2 Å². The van der Waals surface area contributed by atoms with E-state index in [2.05, 4.69) is 10.3 Å². The molecule has 0 saturated carbocycles. The highest BCUT2D eigenvalue weighted by Crippen LogP contribution is 2.40. The number of nitrogens with one attached hydrogen (secondary N) is 1. The van der Waals surface area contributed by atoms with E-state index >= 15 is 0 Å². The number of carbonyl (C=O) groups is 1. The van der Waals surface area contributed by atoms with Gasteiger partial charge in [-0.25, -0.2) is 4.79 Å². The van der Waals surface area contributed by atoms with Gasteiger partial charge in [-0.15, -0.1) is 0 Å². The van der Waals surface area contributed by atoms with Crippen molar-refractivity contribution >= 4 is 23.3 Å². The molecule has 1 saturated heterocycles. The predicted octanol–water partition coefficient (Wildman–Crippen LogP) is 3.66. The summed E-state index contributed by atoms with van der Waals surface area (Å²) in [5.74, 6) is 0.164. The molecule has 30 heavy (non-hydrogen) atoms. The molecule has 0 radical (unpaired) electrons. The average molecular weight is 423 g/mol. The van der Waals surface area contributed by atoms with Gasteiger partial charge >= 0.3 is 5.97 Å². The predicted molar refractivity (Wildman–Crippen MR) is 115 cm³/mol. The highest BCUT2D eigenvalue weighted by molar-refractivity contribution is 7.80. The Morgan fingerprint density at radius 3 is 2.77 bits per heavy atom. The van der Waals surface area contributed by atoms with Crippen LogP contribution in [0.3, 0.4) is 0 Å². The first kappa shape index (κ1) is 20.1. The van der Waals surface area contributed by atoms with Gasteiger partial charge in [-0.2, -0.15) is 0 Å². The van der Waals surface area contributed by atoms with E-state index in [9.17, 15) is 9.90 Å². The lowest BCUT2D eigenvalue weighted by atomic mass is 10.0. The lowest BCUT2D eigenvalue weighted by molar-refractivity contribution is 0.0697. The molecular formula is C22H21N3O4S. The van der Waals surface area contributed by atoms with Gasteiger partial charge in [-0.3, -0.25) is 4.98 Å². The number of methoxy groups -OCH3 is 1. The molecule has 3 aromatic rings. The Hall–Kier alpha value is -3.23. The number of aromatic nitrogens is 1. The van der Waals surface area contributed by atoms with E-state index in [4.69, 9.17) is 21.4 Å². The Morgan fingerprint density at radius 1 is 1.23 bits per heavy atom. The summed E-state index contributed by atoms with van der Waals surface area (Å²) in [5.41, 5.74) is 1.56. The van der Waals surface area contributed by atoms with Crippen molar-refractivity contribution in [2.24, 2.45) is 0 Å². The van der Waals surface area contributed by atoms with E-state index in [-0.39, 0.29) is 17.6 Å². The van der Waals surface area contributed by atoms with E-state index in [1.54, 1.807) is 43.6 Å². The van der Waals surface area contributed by atoms with Crippen molar-refractivity contribution in [1.82, 2.24) is 15.2 Å². The Labute approximate surface area is 179 Å². The summed E-state index contributed by atoms with van der Waals surface area (Å²) in [6.07, 6.45) is 1.74. The Bertz CT molecular complexity index is 1050. The summed E-state index contributed by atoms with van der Waals surface area (Å²) in [6, 6.07) is 15.7. The second kappa shape index (κ2) is 8.64. The first-order valence-electron chi connectivity index (χ1n) is 9.49. The van der Waals surface area contributed by atoms with Gasteiger partial charge < -0.3 is 24.5 Å². The molecule has 2 unspecified atom stereocenters. The van der Waals surface area contributed by atoms with Gasteiger partial charge in [0, 0.05) is 25.4 Å². The molecule has 0 aliphatic carbocycles. The van der Waals surface area contributed by atoms with Crippen LogP contribution in [0.5, 0.6) is 0 Å². The summed E-state index contributed by atoms with van der Waals surface area (Å²) in [7, 11) is 1.64. The summed E-state index contributed by atoms with van der Waals surface area (Å²) in [5, 5.41) is 13.4. The molecule has 0 spiro atoms. The molecule has 0 bridgehead atoms. The fourth-order valence-corrected chi connectivity index (χ4v) is 4.02. The van der Waals surface area contributed by atoms with Crippen LogP contribution in [0.25, 0.3) is 11.3 Å². The Balaban J connectivity index is 1.74. The molecule has 1 fully saturated rings. The second-order valence-electron chi connectivity index (χ2n) is 6.87. The van der Waals surface area contributed by atoms with E-state index in [1.807, 2.05) is 29.2 Å². The smallest absolute Gasteiger partial charge is 0.336 e. The average Bonchev–Trinajstić information content (AvgIpc) is 3.37. The molecule has 2 aromatic heterocycles. The molecular weight excluding hydrogens is 402 g/mol. The molecule has 2 N–H and O–H groups in total. The van der Waals surface area contributed by atoms with Gasteiger partial charge in [0.2, 0.25) is 0 Å². The van der Waals surface area contributed by atoms with Gasteiger partial charge in [0.05, 0.1) is 23.9 Å². The SMILES string of the molecule is COCCN1C(=S)NC(c2ccccn2)C1c1ccc(-c2ccccc2C(=O)O)o1. The summed E-state index contributed by atoms with van der Waals surface area (Å²) < 4.78 is 11.4. The third kappa shape index (κ3) is 3.79. The molecule has 154 valence electrons. The van der Waals surface area contributed by atoms with Crippen LogP contribution in [0.15, 0.2) is 65.2 Å². The van der Waals surface area contributed by atoms with E-state index in [1.165, 1.54) is 0 Å². The number of nitrogens with zero attached hydrogens (tertiary/aromatic N) is 2. The topological polar surface area (TPSA) is 87.8 Å². The van der Waals surface area contributed by atoms with Crippen molar-refractivity contribution in [2.45, 2.75) is 12.1 Å². The number of carboxylic acid groups (broad SMARTS) is 1. The van der Waals surface area contributed by atoms with Crippen molar-refractivity contribution in [3.63, 3.8) is 0 Å². The van der Waals surface area contributed by atoms with Crippen LogP contribution in [0.4, 0.5) is 0 Å². The number of thiocarbonyl (C=S) groups is 1. The van der Waals surface area contributed by atoms with Crippen molar-refractivity contribution in [1.29, 1.82) is 0 Å². The number of aromatic carboxylic acids is 1. The molecule has 1 aliphatic rings. The molecule has 1 aliphatic heterocycles. The number of pyridine rings is 1. The molecule has 4 rings (SSSR count). The van der Waals surface area contributed by atoms with Gasteiger partial charge in [0.15, 0.2) is 5.11 Å². The van der Waals surface area contributed by atoms with Crippen molar-refractivity contribution < 1.29 is 19.1 Å². The molecule has 2 atom stereocenters. The monoisotopic (exact) mass is 423 g/mol. The fourth-order valence-electron chi connectivity index (χ4n) is 3.69. The van der Waals surface area contributed by atoms with Crippen molar-refractivity contribution in [3.05, 3.63) is 77.8 Å². The highest BCUT2D eigenvalue weighted by Gasteiger charge is 2.41. The van der Waals surface area contributed by atoms with Gasteiger partial charge in [0.25, 0.3) is 0 Å². The van der Waals surface area contributed by atoms with Gasteiger partial charge in [-0.05, 0) is 42.5 Å². The second-order valence-corrected chi connectivity index (χ2v) is 7.25. The van der Waals surface area contributed by atoms with E-state index in [0.29, 0.717) is 35.3 Å². The summed E-state index contributed by atoms with van der Waals surface area (Å²) in [4.78, 5) is 18.1. The van der Waals surface area contributed by atoms with Crippen molar-refractivity contribution in [3.8, 4) is 11.3 Å². The third-order valence-electron chi connectivity index (χ3n) is 5.08. The normalized spacial score (nSPS) is 18.4. The van der Waals surface area contributed by atoms with Crippen LogP contribution < -0.4 is 5.32 Å². The third-order valence-corrected chi connectivity index (χ3v) is 5.43. The lowest BCUT2D eigenvalue weighted by Crippen LogP contribution is -2.32. The van der Waals surface area contributed by atoms with Crippen LogP contribution in [0.1, 0.15) is 33.9 Å². The minimum Gasteiger partial charge on any atom is -0.478 e. The quantitative estimate of drug-likeness (QED) is 0.557. The molecule has 1 aromatic carbocycles. The molecule has 8 heteroatoms. The number of benzene rings is 1. The van der Waals surface area contributed by atoms with Crippen molar-refractivity contribution in [2.75, 3.05) is 20.3 Å². The zero-order valence-corrected chi connectivity index (χ0v) is 17.1. The number of hydrogen-bond donors (Lipinski definition) is 2. The minimum atomic E-state index is -1.000. The molecule has 0 amide bonds. The number of rotatable bonds is 7. The number of hydrogen-bond acceptors (Lipinski definition) is 5. The van der Waals surface area contributed by atoms with Crippen LogP contribution in [-0.4, -0.2) is 46.3 Å². The van der Waals surface area contributed by atoms with Gasteiger partial charge in [0.1, 0.15) is 17.6 Å². The highest BCUT2D eigenvalue weighted by atomic mass is 32.1. The first-order valence-corrected chi connectivity index (χ1v) is 9.90. The van der Waals surface area contributed by atoms with E-state index < -0.39 is 5.97 Å². The number of carboxylic acids is 1. The first-order chi connectivity index (χ1) is 14.6. The Morgan fingerprint density at radius 2 is 2.03 bits per heavy atom. The fraction of sp³-hybridized carbons (Fsp3) is 0.227. The zero-order chi connectivity index (χ0) is 21.1. The maximum absolute atomic E-state index is 11.6. The summed E-state index contributed by atoms with van der Waals surface area (Å²) >= 11 is 5.58. The minimum absolute atomic E-state index is 0.191. The maximum Gasteiger partial charge on any atom is 0.336 e. The number of ether oxygens (including phenoxy) is 1.